The molecule has 0 radical (unpaired) electrons. The fourth-order valence-electron chi connectivity index (χ4n) is 6.85. The van der Waals surface area contributed by atoms with Crippen molar-refractivity contribution in [2.75, 3.05) is 20.1 Å². The summed E-state index contributed by atoms with van der Waals surface area (Å²) >= 11 is 0. The molecule has 1 aliphatic heterocycles. The molecule has 1 amide bonds. The van der Waals surface area contributed by atoms with Gasteiger partial charge in [0.2, 0.25) is 5.91 Å². The first kappa shape index (κ1) is 45.1. The highest BCUT2D eigenvalue weighted by Crippen LogP contribution is 2.31. The van der Waals surface area contributed by atoms with Gasteiger partial charge >= 0.3 is 18.1 Å². The van der Waals surface area contributed by atoms with Crippen molar-refractivity contribution in [1.82, 2.24) is 19.4 Å². The molecule has 2 unspecified atom stereocenters. The van der Waals surface area contributed by atoms with E-state index < -0.39 is 47.5 Å². The molecular formula is C43H43F5N4O8. The number of fused-ring (bicyclic) bond motifs is 1. The molecule has 0 bridgehead atoms. The molecule has 0 spiro atoms. The maximum absolute atomic E-state index is 14.6. The van der Waals surface area contributed by atoms with Crippen LogP contribution < -0.4 is 5.43 Å². The first-order valence-corrected chi connectivity index (χ1v) is 18.8. The fraction of sp³-hybridized carbons (Fsp3) is 0.326. The van der Waals surface area contributed by atoms with Crippen LogP contribution in [0.3, 0.4) is 0 Å². The Morgan fingerprint density at radius 2 is 1.43 bits per heavy atom. The number of aliphatic hydroxyl groups excluding tert-OH is 2. The number of likely N-dealkylation sites (tertiary alicyclic amines) is 1. The van der Waals surface area contributed by atoms with E-state index >= 15 is 0 Å². The predicted octanol–water partition coefficient (Wildman–Crippen LogP) is 5.45. The number of alkyl halides is 3. The molecule has 6 rings (SSSR count). The summed E-state index contributed by atoms with van der Waals surface area (Å²) in [5.41, 5.74) is 2.93. The van der Waals surface area contributed by atoms with Gasteiger partial charge in [0.05, 0.1) is 10.9 Å². The van der Waals surface area contributed by atoms with Crippen molar-refractivity contribution in [2.24, 2.45) is 0 Å². The topological polar surface area (TPSA) is 174 Å². The van der Waals surface area contributed by atoms with E-state index in [4.69, 9.17) is 20.4 Å². The summed E-state index contributed by atoms with van der Waals surface area (Å²) in [5.74, 6) is -5.61. The van der Waals surface area contributed by atoms with Crippen LogP contribution >= 0.6 is 0 Å². The Hall–Kier alpha value is -6.04. The predicted molar refractivity (Wildman–Crippen MR) is 210 cm³/mol. The van der Waals surface area contributed by atoms with Gasteiger partial charge in [-0.25, -0.2) is 23.4 Å². The minimum Gasteiger partial charge on any atom is -0.479 e. The smallest absolute Gasteiger partial charge is 0.416 e. The lowest BCUT2D eigenvalue weighted by Crippen LogP contribution is -2.47. The number of aliphatic carboxylic acids is 2. The molecule has 4 N–H and O–H groups in total. The Morgan fingerprint density at radius 3 is 2.00 bits per heavy atom. The fourth-order valence-corrected chi connectivity index (χ4v) is 6.85. The van der Waals surface area contributed by atoms with Crippen molar-refractivity contribution in [2.45, 2.75) is 70.1 Å². The number of carbonyl (C=O) groups is 3. The SMILES string of the molecule is Cc1ccc2c(=O)cc(CCc3cccc(F)c3F)n(CC(=O)N(Cc3ccc(-c4ccc(C(F)(F)F)cc4)cc3)C3CCN(C)CC3)c2n1.O=C(O)C(O)C(O)C(=O)O. The molecule has 1 fully saturated rings. The molecule has 60 heavy (non-hydrogen) atoms. The zero-order chi connectivity index (χ0) is 43.9. The van der Waals surface area contributed by atoms with Crippen molar-refractivity contribution in [1.29, 1.82) is 0 Å². The number of piperidine rings is 1. The number of benzene rings is 3. The van der Waals surface area contributed by atoms with E-state index in [1.165, 1.54) is 30.3 Å². The van der Waals surface area contributed by atoms with Crippen LogP contribution in [-0.2, 0) is 46.5 Å². The molecule has 1 saturated heterocycles. The summed E-state index contributed by atoms with van der Waals surface area (Å²) in [6, 6.07) is 21.2. The van der Waals surface area contributed by atoms with Crippen LogP contribution in [0.5, 0.6) is 0 Å². The standard InChI is InChI=1S/C39H37F5N4O2.C4H6O6/c1-25-6-17-33-35(49)22-32(16-13-29-4-3-5-34(40)37(29)41)48(38(33)45-25)24-36(50)47(31-18-20-46(2)21-19-31)23-26-7-9-27(10-8-26)28-11-14-30(15-12-28)39(42,43)44;5-1(3(7)8)2(6)4(9)10/h3-12,14-15,17,22,31H,13,16,18-21,23-24H2,1-2H3;1-2,5-6H,(H,7,8)(H,9,10). The molecule has 3 heterocycles. The van der Waals surface area contributed by atoms with Crippen LogP contribution in [0.2, 0.25) is 0 Å². The van der Waals surface area contributed by atoms with Gasteiger partial charge in [-0.3, -0.25) is 9.59 Å². The Bertz CT molecular complexity index is 2360. The van der Waals surface area contributed by atoms with Crippen molar-refractivity contribution in [3.05, 3.63) is 135 Å². The number of aromatic nitrogens is 2. The maximum Gasteiger partial charge on any atom is 0.416 e. The van der Waals surface area contributed by atoms with E-state index in [0.717, 1.165) is 55.3 Å². The second kappa shape index (κ2) is 19.4. The molecule has 2 aromatic heterocycles. The minimum atomic E-state index is -4.41. The Labute approximate surface area is 340 Å². The summed E-state index contributed by atoms with van der Waals surface area (Å²) < 4.78 is 69.5. The van der Waals surface area contributed by atoms with Crippen LogP contribution in [0, 0.1) is 18.6 Å². The number of aliphatic hydroxyl groups is 2. The average Bonchev–Trinajstić information content (AvgIpc) is 3.21. The molecule has 3 aromatic carbocycles. The molecule has 17 heteroatoms. The molecule has 1 aliphatic rings. The lowest BCUT2D eigenvalue weighted by molar-refractivity contribution is -0.165. The normalized spacial score (nSPS) is 14.6. The lowest BCUT2D eigenvalue weighted by Gasteiger charge is -2.38. The molecule has 318 valence electrons. The second-order valence-electron chi connectivity index (χ2n) is 14.5. The zero-order valence-corrected chi connectivity index (χ0v) is 32.6. The van der Waals surface area contributed by atoms with Gasteiger partial charge in [0.15, 0.2) is 29.3 Å². The number of hydrogen-bond donors (Lipinski definition) is 4. The quantitative estimate of drug-likeness (QED) is 0.118. The number of rotatable bonds is 12. The Morgan fingerprint density at radius 1 is 0.850 bits per heavy atom. The van der Waals surface area contributed by atoms with Crippen LogP contribution in [0.4, 0.5) is 22.0 Å². The number of hydrogen-bond acceptors (Lipinski definition) is 8. The molecular weight excluding hydrogens is 795 g/mol. The van der Waals surface area contributed by atoms with Crippen molar-refractivity contribution in [3.63, 3.8) is 0 Å². The summed E-state index contributed by atoms with van der Waals surface area (Å²) in [6.07, 6.45) is -7.13. The van der Waals surface area contributed by atoms with E-state index in [1.54, 1.807) is 23.6 Å². The van der Waals surface area contributed by atoms with E-state index in [1.807, 2.05) is 36.2 Å². The highest BCUT2D eigenvalue weighted by Gasteiger charge is 2.31. The van der Waals surface area contributed by atoms with Gasteiger partial charge in [-0.05, 0) is 105 Å². The Kier molecular flexibility index (Phi) is 14.5. The highest BCUT2D eigenvalue weighted by molar-refractivity contribution is 5.83. The van der Waals surface area contributed by atoms with E-state index in [-0.39, 0.29) is 42.3 Å². The third-order valence-corrected chi connectivity index (χ3v) is 10.3. The minimum absolute atomic E-state index is 0.0570. The van der Waals surface area contributed by atoms with Gasteiger partial charge in [-0.1, -0.05) is 48.5 Å². The largest absolute Gasteiger partial charge is 0.479 e. The number of aryl methyl sites for hydroxylation is 3. The monoisotopic (exact) mass is 838 g/mol. The number of carbonyl (C=O) groups excluding carboxylic acids is 1. The third-order valence-electron chi connectivity index (χ3n) is 10.3. The summed E-state index contributed by atoms with van der Waals surface area (Å²) in [4.78, 5) is 55.9. The molecule has 0 aliphatic carbocycles. The number of amides is 1. The molecule has 0 saturated carbocycles. The highest BCUT2D eigenvalue weighted by atomic mass is 19.4. The van der Waals surface area contributed by atoms with Crippen LogP contribution in [0.25, 0.3) is 22.2 Å². The van der Waals surface area contributed by atoms with Gasteiger partial charge in [0.1, 0.15) is 12.2 Å². The van der Waals surface area contributed by atoms with Gasteiger partial charge in [0.25, 0.3) is 0 Å². The van der Waals surface area contributed by atoms with Crippen LogP contribution in [0.15, 0.2) is 89.7 Å². The van der Waals surface area contributed by atoms with Gasteiger partial charge in [-0.15, -0.1) is 0 Å². The van der Waals surface area contributed by atoms with Crippen LogP contribution in [0.1, 0.15) is 40.9 Å². The number of carboxylic acid groups (broad SMARTS) is 2. The number of carboxylic acids is 2. The molecule has 12 nitrogen and oxygen atoms in total. The molecule has 2 atom stereocenters. The number of pyridine rings is 2. The maximum atomic E-state index is 14.6. The zero-order valence-electron chi connectivity index (χ0n) is 32.6. The summed E-state index contributed by atoms with van der Waals surface area (Å²) in [6.45, 7) is 3.60. The number of nitrogens with zero attached hydrogens (tertiary/aromatic N) is 4. The van der Waals surface area contributed by atoms with Gasteiger partial charge < -0.3 is 34.8 Å². The summed E-state index contributed by atoms with van der Waals surface area (Å²) in [7, 11) is 2.04. The molecule has 5 aromatic rings. The lowest BCUT2D eigenvalue weighted by atomic mass is 10.00. The van der Waals surface area contributed by atoms with Crippen molar-refractivity contribution < 1.29 is 56.8 Å². The number of halogens is 5. The van der Waals surface area contributed by atoms with Crippen LogP contribution in [-0.4, -0.2) is 96.0 Å². The van der Waals surface area contributed by atoms with Crippen molar-refractivity contribution >= 4 is 28.9 Å². The summed E-state index contributed by atoms with van der Waals surface area (Å²) in [5, 5.41) is 32.9. The van der Waals surface area contributed by atoms with Gasteiger partial charge in [-0.2, -0.15) is 13.2 Å². The average molecular weight is 839 g/mol. The third kappa shape index (κ3) is 11.2. The van der Waals surface area contributed by atoms with E-state index in [9.17, 15) is 41.1 Å². The first-order chi connectivity index (χ1) is 28.3. The Balaban J connectivity index is 0.000000606. The second-order valence-corrected chi connectivity index (χ2v) is 14.5. The van der Waals surface area contributed by atoms with E-state index in [0.29, 0.717) is 34.5 Å². The van der Waals surface area contributed by atoms with Crippen molar-refractivity contribution in [3.8, 4) is 11.1 Å². The van der Waals surface area contributed by atoms with Gasteiger partial charge in [0, 0.05) is 30.0 Å². The first-order valence-electron chi connectivity index (χ1n) is 18.8. The van der Waals surface area contributed by atoms with E-state index in [2.05, 4.69) is 9.88 Å².